The van der Waals surface area contributed by atoms with Crippen molar-refractivity contribution >= 4 is 0 Å². The molecule has 0 aliphatic carbocycles. The molecular formula is C20H36N2O. The van der Waals surface area contributed by atoms with Gasteiger partial charge in [-0.15, -0.1) is 0 Å². The lowest BCUT2D eigenvalue weighted by molar-refractivity contribution is 0.199. The van der Waals surface area contributed by atoms with E-state index in [4.69, 9.17) is 5.11 Å². The Kier molecular flexibility index (Phi) is 11.9. The maximum Gasteiger partial charge on any atom is 0.0558 e. The van der Waals surface area contributed by atoms with Crippen LogP contribution in [-0.2, 0) is 6.42 Å². The van der Waals surface area contributed by atoms with Gasteiger partial charge in [-0.05, 0) is 51.0 Å². The van der Waals surface area contributed by atoms with Gasteiger partial charge in [-0.2, -0.15) is 0 Å². The number of rotatable bonds is 14. The molecule has 0 aliphatic rings. The zero-order chi connectivity index (χ0) is 16.8. The molecule has 0 spiro atoms. The van der Waals surface area contributed by atoms with E-state index in [2.05, 4.69) is 54.0 Å². The summed E-state index contributed by atoms with van der Waals surface area (Å²) in [4.78, 5) is 4.90. The number of aliphatic hydroxyl groups excluding tert-OH is 1. The van der Waals surface area contributed by atoms with Gasteiger partial charge in [-0.1, -0.05) is 57.0 Å². The Bertz CT molecular complexity index is 369. The van der Waals surface area contributed by atoms with Gasteiger partial charge in [0.1, 0.15) is 0 Å². The third kappa shape index (κ3) is 9.75. The van der Waals surface area contributed by atoms with Crippen molar-refractivity contribution in [3.05, 3.63) is 35.9 Å². The molecule has 0 heterocycles. The molecule has 1 rings (SSSR count). The summed E-state index contributed by atoms with van der Waals surface area (Å²) < 4.78 is 0. The Balaban J connectivity index is 2.06. The number of unbranched alkanes of at least 4 members (excludes halogenated alkanes) is 3. The molecule has 23 heavy (non-hydrogen) atoms. The van der Waals surface area contributed by atoms with E-state index in [1.165, 1.54) is 44.3 Å². The molecule has 0 aromatic heterocycles. The van der Waals surface area contributed by atoms with Crippen molar-refractivity contribution in [2.75, 3.05) is 45.9 Å². The minimum atomic E-state index is 0.278. The van der Waals surface area contributed by atoms with E-state index < -0.39 is 0 Å². The fourth-order valence-corrected chi connectivity index (χ4v) is 2.95. The van der Waals surface area contributed by atoms with Crippen molar-refractivity contribution in [2.24, 2.45) is 0 Å². The Hall–Kier alpha value is -0.900. The van der Waals surface area contributed by atoms with Crippen LogP contribution in [-0.4, -0.2) is 60.8 Å². The topological polar surface area (TPSA) is 26.7 Å². The van der Waals surface area contributed by atoms with Crippen LogP contribution >= 0.6 is 0 Å². The van der Waals surface area contributed by atoms with E-state index in [1.54, 1.807) is 0 Å². The van der Waals surface area contributed by atoms with Gasteiger partial charge in [0.15, 0.2) is 0 Å². The second-order valence-electron chi connectivity index (χ2n) is 6.24. The van der Waals surface area contributed by atoms with Crippen molar-refractivity contribution in [1.29, 1.82) is 0 Å². The Morgan fingerprint density at radius 2 is 1.30 bits per heavy atom. The van der Waals surface area contributed by atoms with Crippen LogP contribution in [0.5, 0.6) is 0 Å². The van der Waals surface area contributed by atoms with Crippen molar-refractivity contribution in [2.45, 2.75) is 46.0 Å². The van der Waals surface area contributed by atoms with Gasteiger partial charge in [0.2, 0.25) is 0 Å². The van der Waals surface area contributed by atoms with Crippen molar-refractivity contribution in [3.63, 3.8) is 0 Å². The first kappa shape index (κ1) is 20.1. The molecule has 1 N–H and O–H groups in total. The van der Waals surface area contributed by atoms with Gasteiger partial charge in [0.05, 0.1) is 6.61 Å². The van der Waals surface area contributed by atoms with E-state index in [1.807, 2.05) is 0 Å². The molecule has 0 bridgehead atoms. The minimum absolute atomic E-state index is 0.278. The summed E-state index contributed by atoms with van der Waals surface area (Å²) >= 11 is 0. The number of likely N-dealkylation sites (N-methyl/N-ethyl adjacent to an activating group) is 2. The van der Waals surface area contributed by atoms with Gasteiger partial charge in [0.25, 0.3) is 0 Å². The third-order valence-electron chi connectivity index (χ3n) is 4.57. The largest absolute Gasteiger partial charge is 0.395 e. The molecule has 0 radical (unpaired) electrons. The summed E-state index contributed by atoms with van der Waals surface area (Å²) in [6.07, 6.45) is 6.33. The van der Waals surface area contributed by atoms with E-state index in [9.17, 15) is 0 Å². The monoisotopic (exact) mass is 320 g/mol. The number of hydrogen-bond acceptors (Lipinski definition) is 3. The van der Waals surface area contributed by atoms with Crippen molar-refractivity contribution in [3.8, 4) is 0 Å². The van der Waals surface area contributed by atoms with Crippen LogP contribution in [0.2, 0.25) is 0 Å². The zero-order valence-corrected chi connectivity index (χ0v) is 15.2. The van der Waals surface area contributed by atoms with Crippen molar-refractivity contribution in [1.82, 2.24) is 9.80 Å². The van der Waals surface area contributed by atoms with E-state index in [0.717, 1.165) is 32.6 Å². The number of hydrogen-bond donors (Lipinski definition) is 1. The van der Waals surface area contributed by atoms with E-state index in [-0.39, 0.29) is 6.61 Å². The van der Waals surface area contributed by atoms with Crippen LogP contribution in [0.1, 0.15) is 45.1 Å². The second kappa shape index (κ2) is 13.5. The summed E-state index contributed by atoms with van der Waals surface area (Å²) in [5, 5.41) is 8.98. The summed E-state index contributed by atoms with van der Waals surface area (Å²) in [5.41, 5.74) is 1.44. The molecule has 3 heteroatoms. The standard InChI is InChI=1S/C20H36N2O/c1-3-21(17-14-20-12-8-7-9-13-20)15-10-5-6-11-16-22(4-2)18-19-23/h7-9,12-13,23H,3-6,10-11,14-19H2,1-2H3. The quantitative estimate of drug-likeness (QED) is 0.532. The fourth-order valence-electron chi connectivity index (χ4n) is 2.95. The van der Waals surface area contributed by atoms with E-state index in [0.29, 0.717) is 0 Å². The SMILES string of the molecule is CCN(CCO)CCCCCCN(CC)CCc1ccccc1. The Labute approximate surface area is 143 Å². The van der Waals surface area contributed by atoms with Gasteiger partial charge in [0, 0.05) is 13.1 Å². The molecule has 0 amide bonds. The van der Waals surface area contributed by atoms with Gasteiger partial charge >= 0.3 is 0 Å². The minimum Gasteiger partial charge on any atom is -0.395 e. The molecule has 0 saturated heterocycles. The summed E-state index contributed by atoms with van der Waals surface area (Å²) in [6.45, 7) is 11.2. The van der Waals surface area contributed by atoms with Gasteiger partial charge < -0.3 is 14.9 Å². The van der Waals surface area contributed by atoms with Gasteiger partial charge in [-0.25, -0.2) is 0 Å². The Morgan fingerprint density at radius 1 is 0.739 bits per heavy atom. The van der Waals surface area contributed by atoms with Crippen molar-refractivity contribution < 1.29 is 5.11 Å². The highest BCUT2D eigenvalue weighted by molar-refractivity contribution is 5.14. The first-order valence-electron chi connectivity index (χ1n) is 9.39. The number of aliphatic hydroxyl groups is 1. The first-order valence-corrected chi connectivity index (χ1v) is 9.39. The van der Waals surface area contributed by atoms with E-state index >= 15 is 0 Å². The summed E-state index contributed by atoms with van der Waals surface area (Å²) in [6, 6.07) is 10.8. The maximum atomic E-state index is 8.98. The zero-order valence-electron chi connectivity index (χ0n) is 15.2. The smallest absolute Gasteiger partial charge is 0.0558 e. The highest BCUT2D eigenvalue weighted by Crippen LogP contribution is 2.06. The highest BCUT2D eigenvalue weighted by atomic mass is 16.3. The first-order chi connectivity index (χ1) is 11.3. The predicted molar refractivity (Wildman–Crippen MR) is 99.9 cm³/mol. The molecule has 0 fully saturated rings. The number of nitrogens with zero attached hydrogens (tertiary/aromatic N) is 2. The lowest BCUT2D eigenvalue weighted by Crippen LogP contribution is -2.28. The van der Waals surface area contributed by atoms with Gasteiger partial charge in [-0.3, -0.25) is 0 Å². The lowest BCUT2D eigenvalue weighted by Gasteiger charge is -2.21. The molecule has 132 valence electrons. The lowest BCUT2D eigenvalue weighted by atomic mass is 10.1. The van der Waals surface area contributed by atoms with Crippen LogP contribution in [0.25, 0.3) is 0 Å². The molecule has 0 unspecified atom stereocenters. The van der Waals surface area contributed by atoms with Crippen LogP contribution in [0.15, 0.2) is 30.3 Å². The normalized spacial score (nSPS) is 11.5. The Morgan fingerprint density at radius 3 is 1.83 bits per heavy atom. The van der Waals surface area contributed by atoms with Crippen LogP contribution in [0, 0.1) is 0 Å². The average molecular weight is 321 g/mol. The van der Waals surface area contributed by atoms with Crippen LogP contribution < -0.4 is 0 Å². The third-order valence-corrected chi connectivity index (χ3v) is 4.57. The highest BCUT2D eigenvalue weighted by Gasteiger charge is 2.04. The molecular weight excluding hydrogens is 284 g/mol. The number of benzene rings is 1. The fraction of sp³-hybridized carbons (Fsp3) is 0.700. The summed E-state index contributed by atoms with van der Waals surface area (Å²) in [5.74, 6) is 0. The average Bonchev–Trinajstić information content (AvgIpc) is 2.60. The second-order valence-corrected chi connectivity index (χ2v) is 6.24. The molecule has 3 nitrogen and oxygen atoms in total. The molecule has 0 saturated carbocycles. The molecule has 1 aromatic rings. The maximum absolute atomic E-state index is 8.98. The van der Waals surface area contributed by atoms with Crippen LogP contribution in [0.4, 0.5) is 0 Å². The summed E-state index contributed by atoms with van der Waals surface area (Å²) in [7, 11) is 0. The molecule has 0 atom stereocenters. The predicted octanol–water partition coefficient (Wildman–Crippen LogP) is 3.43. The van der Waals surface area contributed by atoms with Crippen LogP contribution in [0.3, 0.4) is 0 Å². The molecule has 1 aromatic carbocycles. The molecule has 0 aliphatic heterocycles.